The molecule has 0 bridgehead atoms. The summed E-state index contributed by atoms with van der Waals surface area (Å²) in [6, 6.07) is 9.88. The van der Waals surface area contributed by atoms with E-state index in [9.17, 15) is 0 Å². The molecule has 0 aliphatic carbocycles. The maximum Gasteiger partial charge on any atom is 0.155 e. The quantitative estimate of drug-likeness (QED) is 0.773. The molecule has 100 valence electrons. The SMILES string of the molecule is Cc1ccc(-n2nnc(-c3ccncc3)c2N)c(C)c1. The van der Waals surface area contributed by atoms with Gasteiger partial charge >= 0.3 is 0 Å². The first kappa shape index (κ1) is 12.3. The Morgan fingerprint density at radius 2 is 1.80 bits per heavy atom. The third-order valence-corrected chi connectivity index (χ3v) is 3.24. The van der Waals surface area contributed by atoms with Crippen LogP contribution in [0.15, 0.2) is 42.7 Å². The molecule has 0 saturated carbocycles. The number of pyridine rings is 1. The van der Waals surface area contributed by atoms with Gasteiger partial charge in [-0.05, 0) is 37.6 Å². The molecule has 0 saturated heterocycles. The number of aryl methyl sites for hydroxylation is 2. The lowest BCUT2D eigenvalue weighted by atomic mass is 10.1. The van der Waals surface area contributed by atoms with Crippen LogP contribution in [0.1, 0.15) is 11.1 Å². The van der Waals surface area contributed by atoms with Crippen LogP contribution in [0.3, 0.4) is 0 Å². The van der Waals surface area contributed by atoms with Crippen LogP contribution in [0.4, 0.5) is 5.82 Å². The van der Waals surface area contributed by atoms with E-state index in [0.29, 0.717) is 11.5 Å². The van der Waals surface area contributed by atoms with Gasteiger partial charge in [0.25, 0.3) is 0 Å². The molecule has 0 aliphatic rings. The summed E-state index contributed by atoms with van der Waals surface area (Å²) in [5.74, 6) is 0.531. The van der Waals surface area contributed by atoms with E-state index >= 15 is 0 Å². The van der Waals surface area contributed by atoms with Gasteiger partial charge in [0.05, 0.1) is 5.69 Å². The Morgan fingerprint density at radius 3 is 2.50 bits per heavy atom. The Labute approximate surface area is 117 Å². The average Bonchev–Trinajstić information content (AvgIpc) is 2.82. The van der Waals surface area contributed by atoms with Gasteiger partial charge in [-0.3, -0.25) is 4.98 Å². The number of anilines is 1. The van der Waals surface area contributed by atoms with E-state index in [1.807, 2.05) is 31.2 Å². The van der Waals surface area contributed by atoms with E-state index in [4.69, 9.17) is 5.73 Å². The van der Waals surface area contributed by atoms with Crippen LogP contribution in [0.2, 0.25) is 0 Å². The topological polar surface area (TPSA) is 69.6 Å². The van der Waals surface area contributed by atoms with Crippen molar-refractivity contribution in [3.05, 3.63) is 53.9 Å². The molecule has 2 N–H and O–H groups in total. The molecule has 2 heterocycles. The van der Waals surface area contributed by atoms with Crippen molar-refractivity contribution >= 4 is 5.82 Å². The molecule has 2 aromatic heterocycles. The number of nitrogen functional groups attached to an aromatic ring is 1. The zero-order valence-electron chi connectivity index (χ0n) is 11.4. The maximum absolute atomic E-state index is 6.19. The molecule has 0 atom stereocenters. The van der Waals surface area contributed by atoms with Crippen LogP contribution >= 0.6 is 0 Å². The van der Waals surface area contributed by atoms with E-state index in [2.05, 4.69) is 28.3 Å². The lowest BCUT2D eigenvalue weighted by Crippen LogP contribution is -2.04. The number of nitrogens with zero attached hydrogens (tertiary/aromatic N) is 4. The van der Waals surface area contributed by atoms with Crippen molar-refractivity contribution in [2.24, 2.45) is 0 Å². The van der Waals surface area contributed by atoms with Gasteiger partial charge in [-0.1, -0.05) is 22.9 Å². The van der Waals surface area contributed by atoms with Crippen LogP contribution in [0.25, 0.3) is 16.9 Å². The molecular formula is C15H15N5. The van der Waals surface area contributed by atoms with Gasteiger partial charge in [-0.2, -0.15) is 4.68 Å². The molecule has 0 radical (unpaired) electrons. The molecule has 0 fully saturated rings. The van der Waals surface area contributed by atoms with E-state index in [1.54, 1.807) is 17.1 Å². The normalized spacial score (nSPS) is 10.7. The van der Waals surface area contributed by atoms with Gasteiger partial charge in [0.2, 0.25) is 0 Å². The molecule has 1 aromatic carbocycles. The highest BCUT2D eigenvalue weighted by atomic mass is 15.5. The third-order valence-electron chi connectivity index (χ3n) is 3.24. The monoisotopic (exact) mass is 265 g/mol. The summed E-state index contributed by atoms with van der Waals surface area (Å²) in [5, 5.41) is 8.36. The first-order chi connectivity index (χ1) is 9.66. The second kappa shape index (κ2) is 4.77. The molecule has 3 aromatic rings. The van der Waals surface area contributed by atoms with Crippen molar-refractivity contribution in [3.63, 3.8) is 0 Å². The van der Waals surface area contributed by atoms with Crippen molar-refractivity contribution in [3.8, 4) is 16.9 Å². The van der Waals surface area contributed by atoms with Crippen molar-refractivity contribution in [1.82, 2.24) is 20.0 Å². The Balaban J connectivity index is 2.11. The summed E-state index contributed by atoms with van der Waals surface area (Å²) in [5.41, 5.74) is 11.0. The van der Waals surface area contributed by atoms with Gasteiger partial charge in [0, 0.05) is 18.0 Å². The molecule has 0 aliphatic heterocycles. The van der Waals surface area contributed by atoms with E-state index in [-0.39, 0.29) is 0 Å². The van der Waals surface area contributed by atoms with Crippen LogP contribution < -0.4 is 5.73 Å². The van der Waals surface area contributed by atoms with E-state index < -0.39 is 0 Å². The lowest BCUT2D eigenvalue weighted by Gasteiger charge is -2.08. The Bertz CT molecular complexity index is 746. The Hall–Kier alpha value is -2.69. The second-order valence-electron chi connectivity index (χ2n) is 4.76. The first-order valence-electron chi connectivity index (χ1n) is 6.36. The van der Waals surface area contributed by atoms with Crippen LogP contribution in [0, 0.1) is 13.8 Å². The zero-order valence-corrected chi connectivity index (χ0v) is 11.4. The number of rotatable bonds is 2. The van der Waals surface area contributed by atoms with Gasteiger partial charge in [0.1, 0.15) is 5.69 Å². The fourth-order valence-corrected chi connectivity index (χ4v) is 2.23. The highest BCUT2D eigenvalue weighted by Crippen LogP contribution is 2.26. The second-order valence-corrected chi connectivity index (χ2v) is 4.76. The minimum Gasteiger partial charge on any atom is -0.382 e. The summed E-state index contributed by atoms with van der Waals surface area (Å²) in [6.45, 7) is 4.10. The van der Waals surface area contributed by atoms with Crippen molar-refractivity contribution < 1.29 is 0 Å². The summed E-state index contributed by atoms with van der Waals surface area (Å²) in [7, 11) is 0. The van der Waals surface area contributed by atoms with E-state index in [1.165, 1.54) is 5.56 Å². The largest absolute Gasteiger partial charge is 0.382 e. The minimum absolute atomic E-state index is 0.531. The molecular weight excluding hydrogens is 250 g/mol. The number of hydrogen-bond donors (Lipinski definition) is 1. The van der Waals surface area contributed by atoms with Gasteiger partial charge in [0.15, 0.2) is 5.82 Å². The summed E-state index contributed by atoms with van der Waals surface area (Å²) in [4.78, 5) is 3.99. The Morgan fingerprint density at radius 1 is 1.05 bits per heavy atom. The Kier molecular flexibility index (Phi) is 2.95. The van der Waals surface area contributed by atoms with Gasteiger partial charge in [-0.25, -0.2) is 0 Å². The molecule has 0 amide bonds. The molecule has 5 nitrogen and oxygen atoms in total. The van der Waals surface area contributed by atoms with Gasteiger partial charge < -0.3 is 5.73 Å². The standard InChI is InChI=1S/C15H15N5/c1-10-3-4-13(11(2)9-10)20-15(16)14(18-19-20)12-5-7-17-8-6-12/h3-9H,16H2,1-2H3. The summed E-state index contributed by atoms with van der Waals surface area (Å²) < 4.78 is 1.67. The number of benzene rings is 1. The van der Waals surface area contributed by atoms with Gasteiger partial charge in [-0.15, -0.1) is 5.10 Å². The summed E-state index contributed by atoms with van der Waals surface area (Å²) >= 11 is 0. The fraction of sp³-hybridized carbons (Fsp3) is 0.133. The predicted molar refractivity (Wildman–Crippen MR) is 78.5 cm³/mol. The smallest absolute Gasteiger partial charge is 0.155 e. The molecule has 0 unspecified atom stereocenters. The summed E-state index contributed by atoms with van der Waals surface area (Å²) in [6.07, 6.45) is 3.43. The van der Waals surface area contributed by atoms with Crippen molar-refractivity contribution in [2.45, 2.75) is 13.8 Å². The van der Waals surface area contributed by atoms with Crippen LogP contribution in [-0.4, -0.2) is 20.0 Å². The molecule has 5 heteroatoms. The fourth-order valence-electron chi connectivity index (χ4n) is 2.23. The number of hydrogen-bond acceptors (Lipinski definition) is 4. The number of aromatic nitrogens is 4. The zero-order chi connectivity index (χ0) is 14.1. The molecule has 20 heavy (non-hydrogen) atoms. The minimum atomic E-state index is 0.531. The van der Waals surface area contributed by atoms with Crippen LogP contribution in [-0.2, 0) is 0 Å². The first-order valence-corrected chi connectivity index (χ1v) is 6.36. The van der Waals surface area contributed by atoms with Crippen molar-refractivity contribution in [1.29, 1.82) is 0 Å². The molecule has 3 rings (SSSR count). The van der Waals surface area contributed by atoms with E-state index in [0.717, 1.165) is 16.8 Å². The number of nitrogens with two attached hydrogens (primary N) is 1. The van der Waals surface area contributed by atoms with Crippen molar-refractivity contribution in [2.75, 3.05) is 5.73 Å². The highest BCUT2D eigenvalue weighted by Gasteiger charge is 2.14. The lowest BCUT2D eigenvalue weighted by molar-refractivity contribution is 0.805. The molecule has 0 spiro atoms. The van der Waals surface area contributed by atoms with Crippen LogP contribution in [0.5, 0.6) is 0 Å². The maximum atomic E-state index is 6.19. The average molecular weight is 265 g/mol. The predicted octanol–water partition coefficient (Wildman–Crippen LogP) is 2.53. The third kappa shape index (κ3) is 2.03. The highest BCUT2D eigenvalue weighted by molar-refractivity contribution is 5.70.